The molecule has 4 aromatic carbocycles. The van der Waals surface area contributed by atoms with Gasteiger partial charge in [-0.05, 0) is 81.8 Å². The zero-order valence-corrected chi connectivity index (χ0v) is 21.6. The van der Waals surface area contributed by atoms with E-state index in [1.165, 1.54) is 27.8 Å². The van der Waals surface area contributed by atoms with Gasteiger partial charge < -0.3 is 15.3 Å². The lowest BCUT2D eigenvalue weighted by molar-refractivity contribution is 0.457. The van der Waals surface area contributed by atoms with Crippen LogP contribution in [0.2, 0.25) is 0 Å². The molecule has 184 valence electrons. The number of phenols is 3. The topological polar surface area (TPSA) is 60.7 Å². The van der Waals surface area contributed by atoms with Gasteiger partial charge in [0.05, 0.1) is 0 Å². The molecule has 1 atom stereocenters. The molecule has 0 aromatic heterocycles. The first-order valence-corrected chi connectivity index (χ1v) is 12.5. The maximum absolute atomic E-state index is 9.97. The maximum Gasteiger partial charge on any atom is 0.115 e. The zero-order valence-electron chi connectivity index (χ0n) is 21.6. The molecule has 3 nitrogen and oxygen atoms in total. The fourth-order valence-corrected chi connectivity index (χ4v) is 5.65. The minimum Gasteiger partial charge on any atom is -0.508 e. The summed E-state index contributed by atoms with van der Waals surface area (Å²) in [5.74, 6) is 0.839. The Labute approximate surface area is 213 Å². The Morgan fingerprint density at radius 1 is 0.556 bits per heavy atom. The predicted molar refractivity (Wildman–Crippen MR) is 145 cm³/mol. The first-order chi connectivity index (χ1) is 16.9. The van der Waals surface area contributed by atoms with Crippen LogP contribution >= 0.6 is 0 Å². The molecule has 1 unspecified atom stereocenters. The summed E-state index contributed by atoms with van der Waals surface area (Å²) in [7, 11) is 0. The fraction of sp³-hybridized carbons (Fsp3) is 0.273. The van der Waals surface area contributed by atoms with Crippen molar-refractivity contribution in [3.63, 3.8) is 0 Å². The summed E-state index contributed by atoms with van der Waals surface area (Å²) in [6, 6.07) is 27.7. The molecule has 3 heteroatoms. The first kappa shape index (κ1) is 24.0. The van der Waals surface area contributed by atoms with E-state index in [-0.39, 0.29) is 27.7 Å². The lowest BCUT2D eigenvalue weighted by atomic mass is 9.60. The van der Waals surface area contributed by atoms with Crippen LogP contribution in [0.25, 0.3) is 0 Å². The van der Waals surface area contributed by atoms with Gasteiger partial charge in [0.25, 0.3) is 0 Å². The number of aromatic hydroxyl groups is 3. The van der Waals surface area contributed by atoms with E-state index in [1.54, 1.807) is 30.3 Å². The van der Waals surface area contributed by atoms with Gasteiger partial charge in [0.1, 0.15) is 17.2 Å². The molecule has 36 heavy (non-hydrogen) atoms. The second-order valence-electron chi connectivity index (χ2n) is 11.5. The molecule has 4 aromatic rings. The van der Waals surface area contributed by atoms with E-state index >= 15 is 0 Å². The molecule has 1 aliphatic carbocycles. The summed E-state index contributed by atoms with van der Waals surface area (Å²) >= 11 is 0. The molecular formula is C33H34O3. The number of phenolic OH excluding ortho intramolecular Hbond substituents is 3. The minimum absolute atomic E-state index is 0.149. The van der Waals surface area contributed by atoms with E-state index in [4.69, 9.17) is 0 Å². The third-order valence-corrected chi connectivity index (χ3v) is 8.42. The summed E-state index contributed by atoms with van der Waals surface area (Å²) < 4.78 is 0. The second-order valence-corrected chi connectivity index (χ2v) is 11.5. The number of hydrogen-bond donors (Lipinski definition) is 3. The molecule has 1 aliphatic rings. The summed E-state index contributed by atoms with van der Waals surface area (Å²) in [6.07, 6.45) is 0.874. The normalized spacial score (nSPS) is 17.4. The molecular weight excluding hydrogens is 444 g/mol. The van der Waals surface area contributed by atoms with E-state index in [0.29, 0.717) is 5.75 Å². The fourth-order valence-electron chi connectivity index (χ4n) is 5.65. The van der Waals surface area contributed by atoms with Gasteiger partial charge in [-0.3, -0.25) is 0 Å². The highest BCUT2D eigenvalue weighted by Crippen LogP contribution is 2.49. The zero-order chi connectivity index (χ0) is 25.9. The number of benzene rings is 4. The highest BCUT2D eigenvalue weighted by atomic mass is 16.3. The largest absolute Gasteiger partial charge is 0.508 e. The Balaban J connectivity index is 1.70. The van der Waals surface area contributed by atoms with Crippen molar-refractivity contribution in [1.29, 1.82) is 0 Å². The van der Waals surface area contributed by atoms with Gasteiger partial charge in [0.15, 0.2) is 0 Å². The Hall–Kier alpha value is -3.72. The van der Waals surface area contributed by atoms with Gasteiger partial charge in [-0.25, -0.2) is 0 Å². The lowest BCUT2D eigenvalue weighted by Gasteiger charge is -2.43. The average molecular weight is 479 g/mol. The Bertz CT molecular complexity index is 1320. The number of hydrogen-bond acceptors (Lipinski definition) is 3. The van der Waals surface area contributed by atoms with Crippen LogP contribution in [-0.2, 0) is 22.7 Å². The highest BCUT2D eigenvalue weighted by molar-refractivity contribution is 5.58. The van der Waals surface area contributed by atoms with Gasteiger partial charge in [-0.15, -0.1) is 0 Å². The van der Waals surface area contributed by atoms with Crippen molar-refractivity contribution in [1.82, 2.24) is 0 Å². The van der Waals surface area contributed by atoms with Crippen LogP contribution in [0.5, 0.6) is 17.2 Å². The van der Waals surface area contributed by atoms with Crippen molar-refractivity contribution in [3.8, 4) is 17.2 Å². The Kier molecular flexibility index (Phi) is 5.44. The highest BCUT2D eigenvalue weighted by Gasteiger charge is 2.41. The van der Waals surface area contributed by atoms with Crippen LogP contribution in [0.1, 0.15) is 73.6 Å². The lowest BCUT2D eigenvalue weighted by Crippen LogP contribution is -2.37. The monoisotopic (exact) mass is 478 g/mol. The van der Waals surface area contributed by atoms with Gasteiger partial charge in [-0.1, -0.05) is 83.1 Å². The SMILES string of the molecule is CC(C)(c1ccc(O)cc1)c1cc(C(C)(C)c2ccc(O)cc2)cc(C2(C)Cc3cc(O)ccc32)c1. The van der Waals surface area contributed by atoms with E-state index in [9.17, 15) is 15.3 Å². The molecule has 0 bridgehead atoms. The molecule has 0 fully saturated rings. The van der Waals surface area contributed by atoms with Crippen LogP contribution in [0.3, 0.4) is 0 Å². The Morgan fingerprint density at radius 3 is 1.44 bits per heavy atom. The van der Waals surface area contributed by atoms with Crippen LogP contribution in [0.15, 0.2) is 84.9 Å². The van der Waals surface area contributed by atoms with Gasteiger partial charge in [-0.2, -0.15) is 0 Å². The van der Waals surface area contributed by atoms with Crippen molar-refractivity contribution < 1.29 is 15.3 Å². The third-order valence-electron chi connectivity index (χ3n) is 8.42. The number of fused-ring (bicyclic) bond motifs is 1. The first-order valence-electron chi connectivity index (χ1n) is 12.5. The van der Waals surface area contributed by atoms with Crippen LogP contribution in [0, 0.1) is 0 Å². The van der Waals surface area contributed by atoms with Gasteiger partial charge in [0.2, 0.25) is 0 Å². The molecule has 3 N–H and O–H groups in total. The van der Waals surface area contributed by atoms with Gasteiger partial charge in [0, 0.05) is 16.2 Å². The molecule has 0 saturated carbocycles. The van der Waals surface area contributed by atoms with Crippen LogP contribution in [0.4, 0.5) is 0 Å². The van der Waals surface area contributed by atoms with Crippen molar-refractivity contribution in [2.24, 2.45) is 0 Å². The summed E-state index contributed by atoms with van der Waals surface area (Å²) in [5, 5.41) is 29.7. The van der Waals surface area contributed by atoms with E-state index in [1.807, 2.05) is 30.3 Å². The van der Waals surface area contributed by atoms with Crippen molar-refractivity contribution in [2.75, 3.05) is 0 Å². The second kappa shape index (κ2) is 8.16. The maximum atomic E-state index is 9.97. The minimum atomic E-state index is -0.290. The number of rotatable bonds is 5. The van der Waals surface area contributed by atoms with Crippen LogP contribution in [-0.4, -0.2) is 15.3 Å². The van der Waals surface area contributed by atoms with E-state index in [0.717, 1.165) is 17.5 Å². The molecule has 0 radical (unpaired) electrons. The molecule has 0 heterocycles. The Morgan fingerprint density at radius 2 is 1.00 bits per heavy atom. The standard InChI is InChI=1S/C33H34O3/c1-31(2,22-6-10-27(34)11-7-22)24-17-25(32(3,4)23-8-12-28(35)13-9-23)19-26(18-24)33(5)20-21-16-29(36)14-15-30(21)33/h6-19,34-36H,20H2,1-5H3. The van der Waals surface area contributed by atoms with Crippen LogP contribution < -0.4 is 0 Å². The third kappa shape index (κ3) is 3.83. The molecule has 0 saturated heterocycles. The summed E-state index contributed by atoms with van der Waals surface area (Å²) in [6.45, 7) is 11.2. The summed E-state index contributed by atoms with van der Waals surface area (Å²) in [5.41, 5.74) is 7.67. The average Bonchev–Trinajstić information content (AvgIpc) is 2.83. The smallest absolute Gasteiger partial charge is 0.115 e. The van der Waals surface area contributed by atoms with E-state index < -0.39 is 0 Å². The molecule has 5 rings (SSSR count). The van der Waals surface area contributed by atoms with Crippen molar-refractivity contribution in [3.05, 3.63) is 124 Å². The van der Waals surface area contributed by atoms with Gasteiger partial charge >= 0.3 is 0 Å². The molecule has 0 spiro atoms. The van der Waals surface area contributed by atoms with Crippen molar-refractivity contribution in [2.45, 2.75) is 57.3 Å². The molecule has 0 amide bonds. The van der Waals surface area contributed by atoms with E-state index in [2.05, 4.69) is 58.9 Å². The molecule has 0 aliphatic heterocycles. The quantitative estimate of drug-likeness (QED) is 0.282. The summed E-state index contributed by atoms with van der Waals surface area (Å²) in [4.78, 5) is 0. The van der Waals surface area contributed by atoms with Crippen molar-refractivity contribution >= 4 is 0 Å². The predicted octanol–water partition coefficient (Wildman–Crippen LogP) is 7.32.